The normalized spacial score (nSPS) is 13.3. The van der Waals surface area contributed by atoms with E-state index in [1.54, 1.807) is 0 Å². The predicted octanol–water partition coefficient (Wildman–Crippen LogP) is 3.49. The average molecular weight is 337 g/mol. The number of benzene rings is 1. The third kappa shape index (κ3) is 6.79. The first-order valence-electron chi connectivity index (χ1n) is 8.83. The van der Waals surface area contributed by atoms with Crippen LogP contribution in [0.2, 0.25) is 0 Å². The van der Waals surface area contributed by atoms with Gasteiger partial charge in [-0.3, -0.25) is 4.79 Å². The second-order valence-corrected chi connectivity index (χ2v) is 6.14. The summed E-state index contributed by atoms with van der Waals surface area (Å²) in [5.74, 6) is 0.804. The topological polar surface area (TPSA) is 81.8 Å². The van der Waals surface area contributed by atoms with Crippen LogP contribution in [0.1, 0.15) is 45.6 Å². The molecule has 24 heavy (non-hydrogen) atoms. The maximum absolute atomic E-state index is 11.1. The van der Waals surface area contributed by atoms with Crippen LogP contribution in [0.15, 0.2) is 18.2 Å². The van der Waals surface area contributed by atoms with Crippen LogP contribution in [0.4, 0.5) is 0 Å². The van der Waals surface area contributed by atoms with Gasteiger partial charge >= 0.3 is 5.97 Å². The lowest BCUT2D eigenvalue weighted by Gasteiger charge is -2.17. The van der Waals surface area contributed by atoms with E-state index in [0.29, 0.717) is 25.6 Å². The molecule has 5 heteroatoms. The van der Waals surface area contributed by atoms with Crippen LogP contribution < -0.4 is 15.2 Å². The Morgan fingerprint density at radius 2 is 1.96 bits per heavy atom. The highest BCUT2D eigenvalue weighted by Gasteiger charge is 2.18. The monoisotopic (exact) mass is 337 g/mol. The van der Waals surface area contributed by atoms with Gasteiger partial charge in [-0.25, -0.2) is 0 Å². The number of aryl methyl sites for hydroxylation is 1. The molecule has 0 amide bonds. The van der Waals surface area contributed by atoms with Gasteiger partial charge in [-0.15, -0.1) is 0 Å². The highest BCUT2D eigenvalue weighted by molar-refractivity contribution is 5.70. The average Bonchev–Trinajstić information content (AvgIpc) is 2.55. The van der Waals surface area contributed by atoms with Crippen molar-refractivity contribution in [3.63, 3.8) is 0 Å². The minimum absolute atomic E-state index is 0.201. The van der Waals surface area contributed by atoms with E-state index in [4.69, 9.17) is 20.3 Å². The van der Waals surface area contributed by atoms with Gasteiger partial charge in [0.25, 0.3) is 0 Å². The van der Waals surface area contributed by atoms with Gasteiger partial charge in [0.15, 0.2) is 0 Å². The number of hydrogen-bond donors (Lipinski definition) is 2. The fourth-order valence-electron chi connectivity index (χ4n) is 2.83. The highest BCUT2D eigenvalue weighted by atomic mass is 16.5. The van der Waals surface area contributed by atoms with Crippen LogP contribution in [0.25, 0.3) is 0 Å². The van der Waals surface area contributed by atoms with Crippen molar-refractivity contribution in [3.8, 4) is 11.5 Å². The van der Waals surface area contributed by atoms with Gasteiger partial charge < -0.3 is 20.3 Å². The van der Waals surface area contributed by atoms with Crippen LogP contribution in [0, 0.1) is 11.8 Å². The number of carboxylic acid groups (broad SMARTS) is 1. The van der Waals surface area contributed by atoms with Crippen LogP contribution >= 0.6 is 0 Å². The molecule has 1 aromatic carbocycles. The van der Waals surface area contributed by atoms with E-state index in [9.17, 15) is 4.79 Å². The van der Waals surface area contributed by atoms with E-state index in [1.807, 2.05) is 26.0 Å². The SMILES string of the molecule is CCOc1ccc(CCCC(C)CC(CN)C(=O)O)c(OCC)c1. The van der Waals surface area contributed by atoms with Gasteiger partial charge in [-0.1, -0.05) is 19.4 Å². The maximum atomic E-state index is 11.1. The number of ether oxygens (including phenoxy) is 2. The number of rotatable bonds is 12. The number of nitrogens with two attached hydrogens (primary N) is 1. The zero-order valence-corrected chi connectivity index (χ0v) is 15.1. The van der Waals surface area contributed by atoms with Gasteiger partial charge in [0.05, 0.1) is 19.1 Å². The Kier molecular flexibility index (Phi) is 9.23. The maximum Gasteiger partial charge on any atom is 0.307 e. The quantitative estimate of drug-likeness (QED) is 0.610. The summed E-state index contributed by atoms with van der Waals surface area (Å²) in [6, 6.07) is 5.97. The Morgan fingerprint density at radius 1 is 1.25 bits per heavy atom. The van der Waals surface area contributed by atoms with Crippen LogP contribution in [0.3, 0.4) is 0 Å². The molecule has 0 aliphatic carbocycles. The summed E-state index contributed by atoms with van der Waals surface area (Å²) in [5.41, 5.74) is 6.69. The first-order valence-corrected chi connectivity index (χ1v) is 8.83. The molecule has 2 atom stereocenters. The molecule has 0 aliphatic rings. The first-order chi connectivity index (χ1) is 11.5. The Labute approximate surface area is 145 Å². The van der Waals surface area contributed by atoms with Crippen molar-refractivity contribution in [1.29, 1.82) is 0 Å². The molecule has 2 unspecified atom stereocenters. The molecule has 0 fully saturated rings. The van der Waals surface area contributed by atoms with E-state index in [0.717, 1.165) is 30.8 Å². The molecule has 0 radical (unpaired) electrons. The van der Waals surface area contributed by atoms with Crippen molar-refractivity contribution in [3.05, 3.63) is 23.8 Å². The summed E-state index contributed by atoms with van der Waals surface area (Å²) >= 11 is 0. The molecule has 0 aromatic heterocycles. The van der Waals surface area contributed by atoms with Gasteiger partial charge in [-0.2, -0.15) is 0 Å². The van der Waals surface area contributed by atoms with Crippen LogP contribution in [0.5, 0.6) is 11.5 Å². The number of carbonyl (C=O) groups is 1. The second-order valence-electron chi connectivity index (χ2n) is 6.14. The fourth-order valence-corrected chi connectivity index (χ4v) is 2.83. The predicted molar refractivity (Wildman–Crippen MR) is 95.7 cm³/mol. The molecule has 1 rings (SSSR count). The van der Waals surface area contributed by atoms with Gasteiger partial charge in [0, 0.05) is 12.6 Å². The van der Waals surface area contributed by atoms with Crippen molar-refractivity contribution in [2.45, 2.75) is 46.5 Å². The molecule has 0 bridgehead atoms. The van der Waals surface area contributed by atoms with Crippen molar-refractivity contribution < 1.29 is 19.4 Å². The van der Waals surface area contributed by atoms with Crippen molar-refractivity contribution >= 4 is 5.97 Å². The fraction of sp³-hybridized carbons (Fsp3) is 0.632. The Balaban J connectivity index is 2.55. The summed E-state index contributed by atoms with van der Waals surface area (Å²) in [6.45, 7) is 7.48. The standard InChI is InChI=1S/C19H31NO4/c1-4-23-17-10-9-15(18(12-17)24-5-2)8-6-7-14(3)11-16(13-20)19(21)22/h9-10,12,14,16H,4-8,11,13,20H2,1-3H3,(H,21,22). The van der Waals surface area contributed by atoms with Gasteiger partial charge in [-0.05, 0) is 50.7 Å². The molecular formula is C19H31NO4. The smallest absolute Gasteiger partial charge is 0.307 e. The van der Waals surface area contributed by atoms with Crippen molar-refractivity contribution in [1.82, 2.24) is 0 Å². The summed E-state index contributed by atoms with van der Waals surface area (Å²) < 4.78 is 11.2. The largest absolute Gasteiger partial charge is 0.494 e. The number of aliphatic carboxylic acids is 1. The lowest BCUT2D eigenvalue weighted by Crippen LogP contribution is -2.25. The Bertz CT molecular complexity index is 504. The lowest BCUT2D eigenvalue weighted by atomic mass is 9.91. The molecule has 5 nitrogen and oxygen atoms in total. The third-order valence-electron chi connectivity index (χ3n) is 4.11. The molecule has 0 heterocycles. The summed E-state index contributed by atoms with van der Waals surface area (Å²) in [5, 5.41) is 9.08. The molecular weight excluding hydrogens is 306 g/mol. The highest BCUT2D eigenvalue weighted by Crippen LogP contribution is 2.27. The van der Waals surface area contributed by atoms with Crippen molar-refractivity contribution in [2.75, 3.05) is 19.8 Å². The van der Waals surface area contributed by atoms with E-state index in [1.165, 1.54) is 5.56 Å². The van der Waals surface area contributed by atoms with E-state index >= 15 is 0 Å². The molecule has 0 saturated heterocycles. The van der Waals surface area contributed by atoms with Crippen LogP contribution in [-0.4, -0.2) is 30.8 Å². The van der Waals surface area contributed by atoms with E-state index in [-0.39, 0.29) is 6.54 Å². The minimum atomic E-state index is -0.797. The second kappa shape index (κ2) is 10.9. The van der Waals surface area contributed by atoms with Gasteiger partial charge in [0.2, 0.25) is 0 Å². The summed E-state index contributed by atoms with van der Waals surface area (Å²) in [6.07, 6.45) is 3.51. The molecule has 136 valence electrons. The Morgan fingerprint density at radius 3 is 2.54 bits per heavy atom. The molecule has 0 aliphatic heterocycles. The van der Waals surface area contributed by atoms with Crippen LogP contribution in [-0.2, 0) is 11.2 Å². The third-order valence-corrected chi connectivity index (χ3v) is 4.11. The summed E-state index contributed by atoms with van der Waals surface area (Å²) in [7, 11) is 0. The summed E-state index contributed by atoms with van der Waals surface area (Å²) in [4.78, 5) is 11.1. The van der Waals surface area contributed by atoms with Crippen molar-refractivity contribution in [2.24, 2.45) is 17.6 Å². The molecule has 3 N–H and O–H groups in total. The van der Waals surface area contributed by atoms with E-state index < -0.39 is 11.9 Å². The molecule has 1 aromatic rings. The molecule has 0 spiro atoms. The zero-order chi connectivity index (χ0) is 17.9. The first kappa shape index (κ1) is 20.3. The minimum Gasteiger partial charge on any atom is -0.494 e. The zero-order valence-electron chi connectivity index (χ0n) is 15.1. The van der Waals surface area contributed by atoms with Gasteiger partial charge in [0.1, 0.15) is 11.5 Å². The lowest BCUT2D eigenvalue weighted by molar-refractivity contribution is -0.141. The molecule has 0 saturated carbocycles. The van der Waals surface area contributed by atoms with E-state index in [2.05, 4.69) is 13.0 Å². The number of carboxylic acids is 1. The Hall–Kier alpha value is -1.75. The number of hydrogen-bond acceptors (Lipinski definition) is 4.